The van der Waals surface area contributed by atoms with Crippen LogP contribution in [-0.2, 0) is 16.1 Å². The minimum Gasteiger partial charge on any atom is -0.465 e. The van der Waals surface area contributed by atoms with Gasteiger partial charge in [0, 0.05) is 11.6 Å². The molecule has 0 aliphatic heterocycles. The van der Waals surface area contributed by atoms with Crippen molar-refractivity contribution in [1.29, 1.82) is 0 Å². The predicted molar refractivity (Wildman–Crippen MR) is 102 cm³/mol. The molecule has 0 saturated heterocycles. The lowest BCUT2D eigenvalue weighted by Gasteiger charge is -2.10. The third-order valence-electron chi connectivity index (χ3n) is 3.82. The lowest BCUT2D eigenvalue weighted by atomic mass is 10.1. The van der Waals surface area contributed by atoms with Gasteiger partial charge in [0.15, 0.2) is 0 Å². The molecule has 3 aromatic rings. The summed E-state index contributed by atoms with van der Waals surface area (Å²) < 4.78 is 10.6. The minimum atomic E-state index is -0.643. The summed E-state index contributed by atoms with van der Waals surface area (Å²) in [6.45, 7) is 2.04. The van der Waals surface area contributed by atoms with E-state index in [2.05, 4.69) is 5.32 Å². The molecule has 0 fully saturated rings. The summed E-state index contributed by atoms with van der Waals surface area (Å²) in [4.78, 5) is 25.0. The molecule has 1 aromatic heterocycles. The first-order valence-corrected chi connectivity index (χ1v) is 8.46. The van der Waals surface area contributed by atoms with Gasteiger partial charge in [-0.25, -0.2) is 4.79 Å². The molecule has 5 heteroatoms. The van der Waals surface area contributed by atoms with E-state index < -0.39 is 11.9 Å². The summed E-state index contributed by atoms with van der Waals surface area (Å²) >= 11 is 0. The lowest BCUT2D eigenvalue weighted by Crippen LogP contribution is -2.28. The highest BCUT2D eigenvalue weighted by molar-refractivity contribution is 6.03. The Kier molecular flexibility index (Phi) is 5.84. The normalized spacial score (nSPS) is 11.1. The van der Waals surface area contributed by atoms with Crippen LogP contribution in [0.2, 0.25) is 0 Å². The number of ether oxygens (including phenoxy) is 1. The van der Waals surface area contributed by atoms with Crippen LogP contribution in [0.25, 0.3) is 6.08 Å². The first-order chi connectivity index (χ1) is 13.1. The number of furan rings is 1. The van der Waals surface area contributed by atoms with Crippen molar-refractivity contribution in [3.05, 3.63) is 101 Å². The van der Waals surface area contributed by atoms with E-state index in [1.54, 1.807) is 24.3 Å². The van der Waals surface area contributed by atoms with Crippen LogP contribution in [-0.4, -0.2) is 11.9 Å². The first-order valence-electron chi connectivity index (χ1n) is 8.46. The van der Waals surface area contributed by atoms with Gasteiger partial charge in [0.25, 0.3) is 5.91 Å². The average Bonchev–Trinajstić information content (AvgIpc) is 3.20. The van der Waals surface area contributed by atoms with Crippen LogP contribution in [0.4, 0.5) is 0 Å². The molecule has 1 heterocycles. The SMILES string of the molecule is Cc1ccc(C(=O)NC(=Cc2ccco2)C(=O)OCc2ccccc2)cc1. The molecule has 2 aromatic carbocycles. The molecule has 0 bridgehead atoms. The van der Waals surface area contributed by atoms with Crippen molar-refractivity contribution in [1.82, 2.24) is 5.32 Å². The number of carbonyl (C=O) groups is 2. The molecule has 0 aliphatic rings. The monoisotopic (exact) mass is 361 g/mol. The van der Waals surface area contributed by atoms with Crippen LogP contribution < -0.4 is 5.32 Å². The fourth-order valence-electron chi connectivity index (χ4n) is 2.36. The van der Waals surface area contributed by atoms with Crippen molar-refractivity contribution >= 4 is 18.0 Å². The van der Waals surface area contributed by atoms with E-state index in [9.17, 15) is 9.59 Å². The van der Waals surface area contributed by atoms with Gasteiger partial charge in [-0.1, -0.05) is 48.0 Å². The van der Waals surface area contributed by atoms with Gasteiger partial charge in [-0.2, -0.15) is 0 Å². The number of carbonyl (C=O) groups excluding carboxylic acids is 2. The highest BCUT2D eigenvalue weighted by atomic mass is 16.5. The molecular formula is C22H19NO4. The summed E-state index contributed by atoms with van der Waals surface area (Å²) in [6.07, 6.45) is 2.93. The number of rotatable bonds is 6. The van der Waals surface area contributed by atoms with Crippen molar-refractivity contribution in [2.24, 2.45) is 0 Å². The van der Waals surface area contributed by atoms with Gasteiger partial charge < -0.3 is 14.5 Å². The number of aryl methyl sites for hydroxylation is 1. The van der Waals surface area contributed by atoms with E-state index in [1.807, 2.05) is 49.4 Å². The summed E-state index contributed by atoms with van der Waals surface area (Å²) in [5.74, 6) is -0.606. The van der Waals surface area contributed by atoms with Crippen molar-refractivity contribution in [2.45, 2.75) is 13.5 Å². The third-order valence-corrected chi connectivity index (χ3v) is 3.82. The van der Waals surface area contributed by atoms with E-state index in [0.29, 0.717) is 11.3 Å². The highest BCUT2D eigenvalue weighted by Gasteiger charge is 2.17. The fraction of sp³-hybridized carbons (Fsp3) is 0.0909. The molecule has 3 rings (SSSR count). The zero-order chi connectivity index (χ0) is 19.1. The maximum Gasteiger partial charge on any atom is 0.355 e. The average molecular weight is 361 g/mol. The number of amides is 1. The second kappa shape index (κ2) is 8.67. The quantitative estimate of drug-likeness (QED) is 0.530. The number of hydrogen-bond acceptors (Lipinski definition) is 4. The molecule has 1 amide bonds. The number of nitrogens with one attached hydrogen (secondary N) is 1. The Morgan fingerprint density at radius 3 is 2.41 bits per heavy atom. The van der Waals surface area contributed by atoms with E-state index in [4.69, 9.17) is 9.15 Å². The van der Waals surface area contributed by atoms with Gasteiger partial charge in [-0.05, 0) is 36.8 Å². The molecular weight excluding hydrogens is 342 g/mol. The zero-order valence-corrected chi connectivity index (χ0v) is 14.8. The smallest absolute Gasteiger partial charge is 0.355 e. The second-order valence-corrected chi connectivity index (χ2v) is 5.96. The van der Waals surface area contributed by atoms with Gasteiger partial charge in [0.05, 0.1) is 6.26 Å². The summed E-state index contributed by atoms with van der Waals surface area (Å²) in [5.41, 5.74) is 2.35. The Balaban J connectivity index is 1.75. The van der Waals surface area contributed by atoms with Crippen LogP contribution >= 0.6 is 0 Å². The third kappa shape index (κ3) is 5.19. The van der Waals surface area contributed by atoms with Crippen molar-refractivity contribution in [3.63, 3.8) is 0 Å². The Morgan fingerprint density at radius 2 is 1.74 bits per heavy atom. The lowest BCUT2D eigenvalue weighted by molar-refractivity contribution is -0.140. The standard InChI is InChI=1S/C22H19NO4/c1-16-9-11-18(12-10-16)21(24)23-20(14-19-8-5-13-26-19)22(25)27-15-17-6-3-2-4-7-17/h2-14H,15H2,1H3,(H,23,24). The molecule has 1 N–H and O–H groups in total. The molecule has 0 aliphatic carbocycles. The summed E-state index contributed by atoms with van der Waals surface area (Å²) in [6, 6.07) is 19.8. The van der Waals surface area contributed by atoms with Crippen LogP contribution in [0.3, 0.4) is 0 Å². The zero-order valence-electron chi connectivity index (χ0n) is 14.8. The predicted octanol–water partition coefficient (Wildman–Crippen LogP) is 4.10. The number of benzene rings is 2. The molecule has 0 saturated carbocycles. The summed E-state index contributed by atoms with van der Waals surface area (Å²) in [7, 11) is 0. The molecule has 27 heavy (non-hydrogen) atoms. The van der Waals surface area contributed by atoms with Gasteiger partial charge in [0.1, 0.15) is 18.1 Å². The molecule has 136 valence electrons. The largest absolute Gasteiger partial charge is 0.465 e. The Morgan fingerprint density at radius 1 is 1.00 bits per heavy atom. The molecule has 0 radical (unpaired) electrons. The van der Waals surface area contributed by atoms with E-state index in [1.165, 1.54) is 12.3 Å². The van der Waals surface area contributed by atoms with Crippen molar-refractivity contribution in [3.8, 4) is 0 Å². The Labute approximate surface area is 157 Å². The Bertz CT molecular complexity index is 926. The van der Waals surface area contributed by atoms with Crippen molar-refractivity contribution < 1.29 is 18.7 Å². The topological polar surface area (TPSA) is 68.5 Å². The van der Waals surface area contributed by atoms with Gasteiger partial charge in [-0.3, -0.25) is 4.79 Å². The number of esters is 1. The van der Waals surface area contributed by atoms with Gasteiger partial charge >= 0.3 is 5.97 Å². The highest BCUT2D eigenvalue weighted by Crippen LogP contribution is 2.11. The molecule has 0 unspecified atom stereocenters. The van der Waals surface area contributed by atoms with E-state index in [0.717, 1.165) is 11.1 Å². The fourth-order valence-corrected chi connectivity index (χ4v) is 2.36. The maximum absolute atomic E-state index is 12.5. The first kappa shape index (κ1) is 18.2. The molecule has 5 nitrogen and oxygen atoms in total. The molecule has 0 atom stereocenters. The second-order valence-electron chi connectivity index (χ2n) is 5.96. The van der Waals surface area contributed by atoms with Gasteiger partial charge in [-0.15, -0.1) is 0 Å². The minimum absolute atomic E-state index is 0.00598. The van der Waals surface area contributed by atoms with Crippen LogP contribution in [0.15, 0.2) is 83.1 Å². The van der Waals surface area contributed by atoms with Crippen LogP contribution in [0.5, 0.6) is 0 Å². The van der Waals surface area contributed by atoms with Crippen LogP contribution in [0, 0.1) is 6.92 Å². The number of hydrogen-bond donors (Lipinski definition) is 1. The maximum atomic E-state index is 12.5. The summed E-state index contributed by atoms with van der Waals surface area (Å²) in [5, 5.41) is 2.61. The van der Waals surface area contributed by atoms with Crippen molar-refractivity contribution in [2.75, 3.05) is 0 Å². The Hall–Kier alpha value is -3.60. The van der Waals surface area contributed by atoms with Crippen LogP contribution in [0.1, 0.15) is 27.2 Å². The molecule has 0 spiro atoms. The van der Waals surface area contributed by atoms with Gasteiger partial charge in [0.2, 0.25) is 0 Å². The van der Waals surface area contributed by atoms with E-state index in [-0.39, 0.29) is 12.3 Å². The van der Waals surface area contributed by atoms with E-state index >= 15 is 0 Å².